The highest BCUT2D eigenvalue weighted by Gasteiger charge is 2.18. The van der Waals surface area contributed by atoms with Crippen LogP contribution in [-0.4, -0.2) is 34.6 Å². The number of aliphatic hydroxyl groups excluding tert-OH is 3. The predicted molar refractivity (Wildman–Crippen MR) is 47.6 cm³/mol. The number of allylic oxidation sites excluding steroid dienone is 1. The molecule has 0 amide bonds. The van der Waals surface area contributed by atoms with Gasteiger partial charge in [-0.25, -0.2) is 0 Å². The quantitative estimate of drug-likeness (QED) is 0.503. The molecule has 0 aliphatic rings. The third-order valence-electron chi connectivity index (χ3n) is 2.03. The molecule has 0 aliphatic carbocycles. The topological polar surface area (TPSA) is 60.7 Å². The van der Waals surface area contributed by atoms with Gasteiger partial charge in [-0.15, -0.1) is 6.58 Å². The average molecular weight is 174 g/mol. The van der Waals surface area contributed by atoms with Crippen molar-refractivity contribution in [3.8, 4) is 0 Å². The molecule has 0 radical (unpaired) electrons. The van der Waals surface area contributed by atoms with E-state index in [4.69, 9.17) is 10.2 Å². The van der Waals surface area contributed by atoms with Crippen molar-refractivity contribution in [2.45, 2.75) is 19.4 Å². The van der Waals surface area contributed by atoms with Crippen LogP contribution in [-0.2, 0) is 0 Å². The van der Waals surface area contributed by atoms with Crippen LogP contribution in [0.3, 0.4) is 0 Å². The fraction of sp³-hybridized carbons (Fsp3) is 0.778. The molecule has 0 aromatic heterocycles. The Balaban J connectivity index is 3.82. The van der Waals surface area contributed by atoms with Gasteiger partial charge in [-0.05, 0) is 12.3 Å². The SMILES string of the molecule is C=C[C@@H](C)C[C@H](O)C(CO)CO. The first-order chi connectivity index (χ1) is 5.65. The van der Waals surface area contributed by atoms with Crippen molar-refractivity contribution >= 4 is 0 Å². The summed E-state index contributed by atoms with van der Waals surface area (Å²) in [4.78, 5) is 0. The largest absolute Gasteiger partial charge is 0.396 e. The summed E-state index contributed by atoms with van der Waals surface area (Å²) in [5.74, 6) is -0.215. The Labute approximate surface area is 73.4 Å². The third-order valence-corrected chi connectivity index (χ3v) is 2.03. The van der Waals surface area contributed by atoms with Crippen molar-refractivity contribution in [2.75, 3.05) is 13.2 Å². The van der Waals surface area contributed by atoms with Gasteiger partial charge in [-0.1, -0.05) is 13.0 Å². The zero-order valence-electron chi connectivity index (χ0n) is 7.48. The average Bonchev–Trinajstić information content (AvgIpc) is 2.06. The Bertz CT molecular complexity index is 121. The molecular weight excluding hydrogens is 156 g/mol. The van der Waals surface area contributed by atoms with E-state index in [1.165, 1.54) is 0 Å². The van der Waals surface area contributed by atoms with E-state index < -0.39 is 12.0 Å². The second-order valence-corrected chi connectivity index (χ2v) is 3.14. The first-order valence-corrected chi connectivity index (χ1v) is 4.18. The molecule has 3 nitrogen and oxygen atoms in total. The lowest BCUT2D eigenvalue weighted by molar-refractivity contribution is 0.0223. The molecule has 72 valence electrons. The zero-order chi connectivity index (χ0) is 9.56. The molecule has 0 rings (SSSR count). The monoisotopic (exact) mass is 174 g/mol. The summed E-state index contributed by atoms with van der Waals surface area (Å²) in [6, 6.07) is 0. The van der Waals surface area contributed by atoms with Gasteiger partial charge in [-0.3, -0.25) is 0 Å². The second kappa shape index (κ2) is 6.17. The van der Waals surface area contributed by atoms with E-state index in [9.17, 15) is 5.11 Å². The molecule has 0 saturated heterocycles. The van der Waals surface area contributed by atoms with Gasteiger partial charge in [0.25, 0.3) is 0 Å². The molecule has 0 aromatic rings. The second-order valence-electron chi connectivity index (χ2n) is 3.14. The summed E-state index contributed by atoms with van der Waals surface area (Å²) >= 11 is 0. The fourth-order valence-corrected chi connectivity index (χ4v) is 0.971. The maximum absolute atomic E-state index is 9.44. The van der Waals surface area contributed by atoms with E-state index in [0.717, 1.165) is 0 Å². The van der Waals surface area contributed by atoms with Crippen LogP contribution in [0.1, 0.15) is 13.3 Å². The minimum absolute atomic E-state index is 0.179. The van der Waals surface area contributed by atoms with Crippen LogP contribution in [0.25, 0.3) is 0 Å². The molecule has 3 heteroatoms. The lowest BCUT2D eigenvalue weighted by Gasteiger charge is -2.20. The summed E-state index contributed by atoms with van der Waals surface area (Å²) < 4.78 is 0. The van der Waals surface area contributed by atoms with Gasteiger partial charge in [0.2, 0.25) is 0 Å². The number of aliphatic hydroxyl groups is 3. The molecule has 0 unspecified atom stereocenters. The molecule has 0 saturated carbocycles. The van der Waals surface area contributed by atoms with Crippen LogP contribution < -0.4 is 0 Å². The lowest BCUT2D eigenvalue weighted by atomic mass is 9.95. The highest BCUT2D eigenvalue weighted by atomic mass is 16.3. The summed E-state index contributed by atoms with van der Waals surface area (Å²) in [5, 5.41) is 26.9. The van der Waals surface area contributed by atoms with Crippen LogP contribution >= 0.6 is 0 Å². The molecule has 0 fully saturated rings. The molecule has 12 heavy (non-hydrogen) atoms. The van der Waals surface area contributed by atoms with Gasteiger partial charge in [0.05, 0.1) is 19.3 Å². The molecule has 0 spiro atoms. The van der Waals surface area contributed by atoms with Crippen LogP contribution in [0.2, 0.25) is 0 Å². The lowest BCUT2D eigenvalue weighted by Crippen LogP contribution is -2.28. The van der Waals surface area contributed by atoms with Gasteiger partial charge in [0.1, 0.15) is 0 Å². The van der Waals surface area contributed by atoms with Crippen LogP contribution in [0.4, 0.5) is 0 Å². The molecule has 0 aliphatic heterocycles. The van der Waals surface area contributed by atoms with Crippen molar-refractivity contribution in [3.05, 3.63) is 12.7 Å². The molecule has 3 N–H and O–H groups in total. The highest BCUT2D eigenvalue weighted by molar-refractivity contribution is 4.79. The van der Waals surface area contributed by atoms with Crippen LogP contribution in [0, 0.1) is 11.8 Å². The Morgan fingerprint density at radius 1 is 1.33 bits per heavy atom. The smallest absolute Gasteiger partial charge is 0.0617 e. The van der Waals surface area contributed by atoms with E-state index in [1.807, 2.05) is 6.92 Å². The summed E-state index contributed by atoms with van der Waals surface area (Å²) in [7, 11) is 0. The molecule has 0 aromatic carbocycles. The predicted octanol–water partition coefficient (Wildman–Crippen LogP) is 0.160. The first-order valence-electron chi connectivity index (χ1n) is 4.18. The Hall–Kier alpha value is -0.380. The van der Waals surface area contributed by atoms with E-state index in [-0.39, 0.29) is 19.1 Å². The fourth-order valence-electron chi connectivity index (χ4n) is 0.971. The van der Waals surface area contributed by atoms with Crippen molar-refractivity contribution < 1.29 is 15.3 Å². The van der Waals surface area contributed by atoms with Crippen LogP contribution in [0.15, 0.2) is 12.7 Å². The minimum Gasteiger partial charge on any atom is -0.396 e. The summed E-state index contributed by atoms with van der Waals surface area (Å²) in [6.07, 6.45) is 1.64. The van der Waals surface area contributed by atoms with E-state index in [1.54, 1.807) is 6.08 Å². The third kappa shape index (κ3) is 3.85. The normalized spacial score (nSPS) is 16.1. The van der Waals surface area contributed by atoms with Gasteiger partial charge in [-0.2, -0.15) is 0 Å². The molecule has 0 bridgehead atoms. The van der Waals surface area contributed by atoms with E-state index in [2.05, 4.69) is 6.58 Å². The van der Waals surface area contributed by atoms with Crippen molar-refractivity contribution in [2.24, 2.45) is 11.8 Å². The standard InChI is InChI=1S/C9H18O3/c1-3-7(2)4-9(12)8(5-10)6-11/h3,7-12H,1,4-6H2,2H3/t7-,9+/m1/s1. The van der Waals surface area contributed by atoms with E-state index >= 15 is 0 Å². The van der Waals surface area contributed by atoms with Crippen molar-refractivity contribution in [1.82, 2.24) is 0 Å². The number of hydrogen-bond acceptors (Lipinski definition) is 3. The highest BCUT2D eigenvalue weighted by Crippen LogP contribution is 2.13. The minimum atomic E-state index is -0.645. The number of rotatable bonds is 6. The maximum atomic E-state index is 9.44. The van der Waals surface area contributed by atoms with Crippen LogP contribution in [0.5, 0.6) is 0 Å². The van der Waals surface area contributed by atoms with Gasteiger partial charge >= 0.3 is 0 Å². The Kier molecular flexibility index (Phi) is 5.98. The van der Waals surface area contributed by atoms with Gasteiger partial charge in [0, 0.05) is 5.92 Å². The molecule has 0 heterocycles. The number of hydrogen-bond donors (Lipinski definition) is 3. The van der Waals surface area contributed by atoms with E-state index in [0.29, 0.717) is 6.42 Å². The van der Waals surface area contributed by atoms with Crippen molar-refractivity contribution in [1.29, 1.82) is 0 Å². The van der Waals surface area contributed by atoms with Gasteiger partial charge < -0.3 is 15.3 Å². The maximum Gasteiger partial charge on any atom is 0.0617 e. The van der Waals surface area contributed by atoms with Crippen molar-refractivity contribution in [3.63, 3.8) is 0 Å². The molecule has 2 atom stereocenters. The Morgan fingerprint density at radius 3 is 2.17 bits per heavy atom. The van der Waals surface area contributed by atoms with Gasteiger partial charge in [0.15, 0.2) is 0 Å². The zero-order valence-corrected chi connectivity index (χ0v) is 7.48. The summed E-state index contributed by atoms with van der Waals surface area (Å²) in [6.45, 7) is 5.16. The Morgan fingerprint density at radius 2 is 1.83 bits per heavy atom. The first kappa shape index (κ1) is 11.6. The molecular formula is C9H18O3. The summed E-state index contributed by atoms with van der Waals surface area (Å²) in [5.41, 5.74) is 0.